The summed E-state index contributed by atoms with van der Waals surface area (Å²) in [4.78, 5) is 11.0. The summed E-state index contributed by atoms with van der Waals surface area (Å²) in [5, 5.41) is -0.0352. The maximum Gasteiger partial charge on any atom is 1.00 e. The quantitative estimate of drug-likeness (QED) is 0.555. The van der Waals surface area contributed by atoms with Gasteiger partial charge in [-0.1, -0.05) is 0 Å². The molecular weight excluding hydrogens is 259 g/mol. The first-order chi connectivity index (χ1) is 6.60. The zero-order chi connectivity index (χ0) is 11.0. The maximum absolute atomic E-state index is 11.0. The molecule has 0 aliphatic rings. The van der Waals surface area contributed by atoms with E-state index < -0.39 is 7.95 Å². The minimum Gasteiger partial charge on any atom is -1.00 e. The van der Waals surface area contributed by atoms with Crippen LogP contribution in [0.3, 0.4) is 0 Å². The molecule has 0 rings (SSSR count). The van der Waals surface area contributed by atoms with Crippen LogP contribution in [-0.4, -0.2) is 32.9 Å². The molecule has 0 N–H and O–H groups in total. The van der Waals surface area contributed by atoms with E-state index in [-0.39, 0.29) is 57.9 Å². The second kappa shape index (κ2) is 10.9. The Balaban J connectivity index is -0.000000845. The van der Waals surface area contributed by atoms with Gasteiger partial charge in [0.15, 0.2) is 5.12 Å². The molecule has 0 aliphatic heterocycles. The minimum atomic E-state index is -2.79. The maximum atomic E-state index is 11.0. The van der Waals surface area contributed by atoms with E-state index >= 15 is 0 Å². The van der Waals surface area contributed by atoms with Gasteiger partial charge in [-0.2, -0.15) is 0 Å². The molecule has 0 amide bonds. The molecule has 86 valence electrons. The second-order valence-electron chi connectivity index (χ2n) is 2.39. The van der Waals surface area contributed by atoms with Crippen molar-refractivity contribution < 1.29 is 70.9 Å². The summed E-state index contributed by atoms with van der Waals surface area (Å²) in [6.07, 6.45) is 0. The van der Waals surface area contributed by atoms with Gasteiger partial charge in [-0.05, 0) is 32.0 Å². The number of carbonyl (C=O) groups is 1. The van der Waals surface area contributed by atoms with Gasteiger partial charge in [0.05, 0.1) is 0 Å². The molecule has 0 aromatic carbocycles. The molecule has 0 heterocycles. The third-order valence-electron chi connectivity index (χ3n) is 1.23. The van der Waals surface area contributed by atoms with Crippen LogP contribution in [0.4, 0.5) is 0 Å². The summed E-state index contributed by atoms with van der Waals surface area (Å²) in [5.41, 5.74) is 0. The molecular formula is C8H19KO4SSi. The molecule has 0 fully saturated rings. The van der Waals surface area contributed by atoms with E-state index in [4.69, 9.17) is 13.3 Å². The van der Waals surface area contributed by atoms with Gasteiger partial charge in [0.1, 0.15) is 0 Å². The normalized spacial score (nSPS) is 10.9. The molecule has 0 aromatic heterocycles. The SMILES string of the molecule is CCO[Si](OCC)(OCC)SC(C)=O.[H-].[K+]. The first-order valence-electron chi connectivity index (χ1n) is 4.71. The van der Waals surface area contributed by atoms with Crippen LogP contribution in [0.25, 0.3) is 0 Å². The molecule has 0 aromatic rings. The summed E-state index contributed by atoms with van der Waals surface area (Å²) in [5.74, 6) is 0. The topological polar surface area (TPSA) is 44.8 Å². The van der Waals surface area contributed by atoms with E-state index in [1.54, 1.807) is 0 Å². The number of hydrogen-bond acceptors (Lipinski definition) is 5. The van der Waals surface area contributed by atoms with Gasteiger partial charge < -0.3 is 14.7 Å². The number of carbonyl (C=O) groups excluding carboxylic acids is 1. The first kappa shape index (κ1) is 19.1. The summed E-state index contributed by atoms with van der Waals surface area (Å²) in [7, 11) is -2.79. The molecule has 0 unspecified atom stereocenters. The Morgan fingerprint density at radius 3 is 1.67 bits per heavy atom. The van der Waals surface area contributed by atoms with Crippen LogP contribution in [-0.2, 0) is 18.1 Å². The van der Waals surface area contributed by atoms with Gasteiger partial charge in [0, 0.05) is 26.7 Å². The predicted molar refractivity (Wildman–Crippen MR) is 60.0 cm³/mol. The van der Waals surface area contributed by atoms with Gasteiger partial charge >= 0.3 is 59.3 Å². The van der Waals surface area contributed by atoms with Crippen LogP contribution in [0.5, 0.6) is 0 Å². The molecule has 0 saturated heterocycles. The van der Waals surface area contributed by atoms with Gasteiger partial charge in [-0.3, -0.25) is 4.79 Å². The van der Waals surface area contributed by atoms with Crippen LogP contribution in [0.2, 0.25) is 0 Å². The van der Waals surface area contributed by atoms with Crippen LogP contribution >= 0.6 is 11.2 Å². The van der Waals surface area contributed by atoms with Crippen molar-refractivity contribution in [3.05, 3.63) is 0 Å². The standard InChI is InChI=1S/C8H18O4SSi.K.H/c1-5-10-14(11-6-2,12-7-3)13-8(4)9;;/h5-7H2,1-4H3;;/q;+1;-1. The Labute approximate surface area is 141 Å². The Kier molecular flexibility index (Phi) is 13.9. The third-order valence-corrected chi connectivity index (χ3v) is 6.37. The first-order valence-corrected chi connectivity index (χ1v) is 7.98. The van der Waals surface area contributed by atoms with Gasteiger partial charge in [0.25, 0.3) is 0 Å². The van der Waals surface area contributed by atoms with E-state index in [0.717, 1.165) is 11.2 Å². The third kappa shape index (κ3) is 8.47. The summed E-state index contributed by atoms with van der Waals surface area (Å²) in [6.45, 7) is 8.55. The van der Waals surface area contributed by atoms with Crippen LogP contribution in [0.15, 0.2) is 0 Å². The van der Waals surface area contributed by atoms with Crippen LogP contribution in [0, 0.1) is 0 Å². The molecule has 0 atom stereocenters. The van der Waals surface area contributed by atoms with Crippen molar-refractivity contribution in [2.45, 2.75) is 27.7 Å². The van der Waals surface area contributed by atoms with Gasteiger partial charge in [-0.25, -0.2) is 0 Å². The number of hydrogen-bond donors (Lipinski definition) is 0. The second-order valence-corrected chi connectivity index (χ2v) is 7.15. The fraction of sp³-hybridized carbons (Fsp3) is 0.875. The van der Waals surface area contributed by atoms with E-state index in [0.29, 0.717) is 19.8 Å². The Bertz CT molecular complexity index is 170. The number of rotatable bonds is 7. The molecule has 0 radical (unpaired) electrons. The average molecular weight is 278 g/mol. The van der Waals surface area contributed by atoms with E-state index in [2.05, 4.69) is 0 Å². The van der Waals surface area contributed by atoms with Crippen LogP contribution in [0.1, 0.15) is 29.1 Å². The predicted octanol–water partition coefficient (Wildman–Crippen LogP) is -1.07. The Morgan fingerprint density at radius 1 is 1.13 bits per heavy atom. The summed E-state index contributed by atoms with van der Waals surface area (Å²) in [6, 6.07) is 0. The fourth-order valence-corrected chi connectivity index (χ4v) is 5.41. The monoisotopic (exact) mass is 278 g/mol. The van der Waals surface area contributed by atoms with E-state index in [9.17, 15) is 4.79 Å². The zero-order valence-electron chi connectivity index (χ0n) is 11.2. The van der Waals surface area contributed by atoms with Crippen molar-refractivity contribution in [3.63, 3.8) is 0 Å². The molecule has 15 heavy (non-hydrogen) atoms. The van der Waals surface area contributed by atoms with Crippen molar-refractivity contribution in [3.8, 4) is 0 Å². The van der Waals surface area contributed by atoms with E-state index in [1.807, 2.05) is 20.8 Å². The molecule has 0 bridgehead atoms. The molecule has 0 saturated carbocycles. The van der Waals surface area contributed by atoms with Crippen molar-refractivity contribution in [1.82, 2.24) is 0 Å². The van der Waals surface area contributed by atoms with Crippen molar-refractivity contribution in [2.24, 2.45) is 0 Å². The molecule has 4 nitrogen and oxygen atoms in total. The van der Waals surface area contributed by atoms with Crippen LogP contribution < -0.4 is 51.4 Å². The van der Waals surface area contributed by atoms with Gasteiger partial charge in [-0.15, -0.1) is 0 Å². The molecule has 0 spiro atoms. The average Bonchev–Trinajstić information content (AvgIpc) is 2.03. The van der Waals surface area contributed by atoms with Crippen molar-refractivity contribution >= 4 is 24.3 Å². The van der Waals surface area contributed by atoms with Crippen molar-refractivity contribution in [1.29, 1.82) is 0 Å². The summed E-state index contributed by atoms with van der Waals surface area (Å²) >= 11 is 1.05. The van der Waals surface area contributed by atoms with E-state index in [1.165, 1.54) is 6.92 Å². The fourth-order valence-electron chi connectivity index (χ4n) is 0.920. The molecule has 0 aliphatic carbocycles. The summed E-state index contributed by atoms with van der Waals surface area (Å²) < 4.78 is 16.4. The minimum absolute atomic E-state index is 0. The molecule has 7 heteroatoms. The smallest absolute Gasteiger partial charge is 1.00 e. The van der Waals surface area contributed by atoms with Crippen molar-refractivity contribution in [2.75, 3.05) is 19.8 Å². The zero-order valence-corrected chi connectivity index (χ0v) is 15.1. The Morgan fingerprint density at radius 2 is 1.47 bits per heavy atom. The Hall–Kier alpha value is 1.75. The largest absolute Gasteiger partial charge is 1.00 e. The van der Waals surface area contributed by atoms with Gasteiger partial charge in [0.2, 0.25) is 0 Å².